The molecule has 0 atom stereocenters. The lowest BCUT2D eigenvalue weighted by Crippen LogP contribution is -2.36. The predicted octanol–water partition coefficient (Wildman–Crippen LogP) is 2.55. The maximum atomic E-state index is 10.7. The molecule has 0 radical (unpaired) electrons. The maximum absolute atomic E-state index is 10.7. The number of rotatable bonds is 7. The molecule has 0 aromatic carbocycles. The molecule has 1 heterocycles. The molecule has 0 spiro atoms. The molecule has 3 nitrogen and oxygen atoms in total. The van der Waals surface area contributed by atoms with E-state index >= 15 is 0 Å². The van der Waals surface area contributed by atoms with Crippen LogP contribution in [0.1, 0.15) is 36.4 Å². The smallest absolute Gasteiger partial charge is 0.160 e. The molecule has 0 amide bonds. The van der Waals surface area contributed by atoms with Crippen molar-refractivity contribution in [1.29, 1.82) is 0 Å². The lowest BCUT2D eigenvalue weighted by molar-refractivity contribution is 0.112. The van der Waals surface area contributed by atoms with E-state index in [1.807, 2.05) is 12.1 Å². The summed E-state index contributed by atoms with van der Waals surface area (Å²) in [5.74, 6) is 0. The van der Waals surface area contributed by atoms with Crippen LogP contribution in [0.25, 0.3) is 0 Å². The molecule has 4 heteroatoms. The van der Waals surface area contributed by atoms with E-state index in [0.717, 1.165) is 29.0 Å². The van der Waals surface area contributed by atoms with Crippen LogP contribution in [0.5, 0.6) is 0 Å². The van der Waals surface area contributed by atoms with E-state index in [1.165, 1.54) is 11.3 Å². The summed E-state index contributed by atoms with van der Waals surface area (Å²) in [6.07, 6.45) is 2.97. The highest BCUT2D eigenvalue weighted by molar-refractivity contribution is 7.17. The predicted molar refractivity (Wildman–Crippen MR) is 68.5 cm³/mol. The summed E-state index contributed by atoms with van der Waals surface area (Å²) >= 11 is 1.49. The Kier molecular flexibility index (Phi) is 5.49. The Morgan fingerprint density at radius 2 is 2.12 bits per heavy atom. The zero-order valence-corrected chi connectivity index (χ0v) is 10.7. The Labute approximate surface area is 101 Å². The molecule has 0 saturated heterocycles. The molecule has 1 aromatic heterocycles. The molecule has 0 aliphatic carbocycles. The largest absolute Gasteiger partial charge is 0.395 e. The lowest BCUT2D eigenvalue weighted by Gasteiger charge is -2.30. The summed E-state index contributed by atoms with van der Waals surface area (Å²) in [4.78, 5) is 13.6. The Morgan fingerprint density at radius 3 is 2.56 bits per heavy atom. The van der Waals surface area contributed by atoms with Gasteiger partial charge in [0.25, 0.3) is 0 Å². The van der Waals surface area contributed by atoms with Crippen LogP contribution in [0.4, 0.5) is 5.00 Å². The van der Waals surface area contributed by atoms with Gasteiger partial charge in [0.15, 0.2) is 6.29 Å². The third kappa shape index (κ3) is 3.06. The Balaban J connectivity index is 2.86. The summed E-state index contributed by atoms with van der Waals surface area (Å²) in [6.45, 7) is 5.07. The minimum Gasteiger partial charge on any atom is -0.395 e. The quantitative estimate of drug-likeness (QED) is 0.746. The van der Waals surface area contributed by atoms with Gasteiger partial charge >= 0.3 is 0 Å². The molecule has 0 saturated carbocycles. The Bertz CT molecular complexity index is 321. The number of anilines is 1. The first-order chi connectivity index (χ1) is 7.76. The summed E-state index contributed by atoms with van der Waals surface area (Å²) in [5.41, 5.74) is 0. The van der Waals surface area contributed by atoms with E-state index in [0.29, 0.717) is 12.6 Å². The molecule has 0 unspecified atom stereocenters. The third-order valence-corrected chi connectivity index (χ3v) is 3.78. The number of thiophene rings is 1. The van der Waals surface area contributed by atoms with Crippen LogP contribution in [-0.2, 0) is 0 Å². The van der Waals surface area contributed by atoms with Crippen molar-refractivity contribution in [2.75, 3.05) is 18.1 Å². The van der Waals surface area contributed by atoms with Gasteiger partial charge in [0.05, 0.1) is 16.5 Å². The second-order valence-electron chi connectivity index (χ2n) is 3.68. The summed E-state index contributed by atoms with van der Waals surface area (Å²) in [5, 5.41) is 10.2. The van der Waals surface area contributed by atoms with Gasteiger partial charge in [-0.25, -0.2) is 0 Å². The molecule has 1 aromatic rings. The van der Waals surface area contributed by atoms with Crippen LogP contribution in [0, 0.1) is 0 Å². The molecular formula is C12H19NO2S. The van der Waals surface area contributed by atoms with Gasteiger partial charge in [-0.2, -0.15) is 0 Å². The van der Waals surface area contributed by atoms with Gasteiger partial charge in [-0.05, 0) is 25.0 Å². The highest BCUT2D eigenvalue weighted by atomic mass is 32.1. The minimum absolute atomic E-state index is 0.144. The number of aliphatic hydroxyl groups excluding tert-OH is 1. The van der Waals surface area contributed by atoms with Crippen molar-refractivity contribution in [2.24, 2.45) is 0 Å². The van der Waals surface area contributed by atoms with Crippen LogP contribution in [0.2, 0.25) is 0 Å². The number of aliphatic hydroxyl groups is 1. The standard InChI is InChI=1S/C12H19NO2S/c1-3-10(4-2)13(7-8-14)12-6-5-11(9-15)16-12/h5-6,9-10,14H,3-4,7-8H2,1-2H3. The fourth-order valence-corrected chi connectivity index (χ4v) is 2.79. The number of aldehydes is 1. The molecule has 1 rings (SSSR count). The topological polar surface area (TPSA) is 40.5 Å². The first-order valence-corrected chi connectivity index (χ1v) is 6.50. The third-order valence-electron chi connectivity index (χ3n) is 2.74. The van der Waals surface area contributed by atoms with Crippen molar-refractivity contribution in [3.63, 3.8) is 0 Å². The zero-order valence-electron chi connectivity index (χ0n) is 9.85. The molecular weight excluding hydrogens is 222 g/mol. The lowest BCUT2D eigenvalue weighted by atomic mass is 10.1. The Morgan fingerprint density at radius 1 is 1.44 bits per heavy atom. The van der Waals surface area contributed by atoms with Gasteiger partial charge < -0.3 is 10.0 Å². The Hall–Kier alpha value is -0.870. The van der Waals surface area contributed by atoms with E-state index in [1.54, 1.807) is 0 Å². The van der Waals surface area contributed by atoms with E-state index in [2.05, 4.69) is 18.7 Å². The monoisotopic (exact) mass is 241 g/mol. The highest BCUT2D eigenvalue weighted by Crippen LogP contribution is 2.28. The highest BCUT2D eigenvalue weighted by Gasteiger charge is 2.16. The number of hydrogen-bond donors (Lipinski definition) is 1. The van der Waals surface area contributed by atoms with Crippen molar-refractivity contribution in [2.45, 2.75) is 32.7 Å². The molecule has 16 heavy (non-hydrogen) atoms. The van der Waals surface area contributed by atoms with Gasteiger partial charge in [0.2, 0.25) is 0 Å². The van der Waals surface area contributed by atoms with E-state index in [9.17, 15) is 4.79 Å². The number of carbonyl (C=O) groups is 1. The number of carbonyl (C=O) groups excluding carboxylic acids is 1. The second-order valence-corrected chi connectivity index (χ2v) is 4.77. The van der Waals surface area contributed by atoms with Crippen LogP contribution in [0.15, 0.2) is 12.1 Å². The van der Waals surface area contributed by atoms with E-state index < -0.39 is 0 Å². The fraction of sp³-hybridized carbons (Fsp3) is 0.583. The van der Waals surface area contributed by atoms with Crippen molar-refractivity contribution in [3.8, 4) is 0 Å². The molecule has 1 N–H and O–H groups in total. The first kappa shape index (κ1) is 13.2. The van der Waals surface area contributed by atoms with Crippen molar-refractivity contribution < 1.29 is 9.90 Å². The second kappa shape index (κ2) is 6.66. The summed E-state index contributed by atoms with van der Waals surface area (Å²) < 4.78 is 0. The zero-order chi connectivity index (χ0) is 12.0. The minimum atomic E-state index is 0.144. The van der Waals surface area contributed by atoms with Crippen LogP contribution in [0.3, 0.4) is 0 Å². The first-order valence-electron chi connectivity index (χ1n) is 5.69. The van der Waals surface area contributed by atoms with Crippen molar-refractivity contribution >= 4 is 22.6 Å². The average molecular weight is 241 g/mol. The van der Waals surface area contributed by atoms with Gasteiger partial charge in [0, 0.05) is 12.6 Å². The van der Waals surface area contributed by atoms with Gasteiger partial charge in [0.1, 0.15) is 0 Å². The van der Waals surface area contributed by atoms with E-state index in [4.69, 9.17) is 5.11 Å². The van der Waals surface area contributed by atoms with E-state index in [-0.39, 0.29) is 6.61 Å². The molecule has 0 fully saturated rings. The van der Waals surface area contributed by atoms with Gasteiger partial charge in [-0.1, -0.05) is 13.8 Å². The van der Waals surface area contributed by atoms with Crippen LogP contribution in [-0.4, -0.2) is 30.6 Å². The molecule has 0 aliphatic heterocycles. The summed E-state index contributed by atoms with van der Waals surface area (Å²) in [7, 11) is 0. The fourth-order valence-electron chi connectivity index (χ4n) is 1.87. The summed E-state index contributed by atoms with van der Waals surface area (Å²) in [6, 6.07) is 4.23. The number of nitrogens with zero attached hydrogens (tertiary/aromatic N) is 1. The van der Waals surface area contributed by atoms with Crippen LogP contribution >= 0.6 is 11.3 Å². The van der Waals surface area contributed by atoms with Gasteiger partial charge in [-0.15, -0.1) is 11.3 Å². The molecule has 90 valence electrons. The van der Waals surface area contributed by atoms with Gasteiger partial charge in [-0.3, -0.25) is 4.79 Å². The molecule has 0 bridgehead atoms. The normalized spacial score (nSPS) is 10.8. The number of hydrogen-bond acceptors (Lipinski definition) is 4. The van der Waals surface area contributed by atoms with Crippen LogP contribution < -0.4 is 4.90 Å². The van der Waals surface area contributed by atoms with Crippen molar-refractivity contribution in [3.05, 3.63) is 17.0 Å². The van der Waals surface area contributed by atoms with Crippen molar-refractivity contribution in [1.82, 2.24) is 0 Å². The SMILES string of the molecule is CCC(CC)N(CCO)c1ccc(C=O)s1. The average Bonchev–Trinajstić information content (AvgIpc) is 2.77. The maximum Gasteiger partial charge on any atom is 0.160 e. The molecule has 0 aliphatic rings.